The Morgan fingerprint density at radius 2 is 2.29 bits per heavy atom. The maximum atomic E-state index is 10.4. The van der Waals surface area contributed by atoms with Crippen LogP contribution in [0.4, 0.5) is 5.69 Å². The predicted molar refractivity (Wildman–Crippen MR) is 63.4 cm³/mol. The number of aliphatic carboxylic acids is 1. The lowest BCUT2D eigenvalue weighted by molar-refractivity contribution is -0.303. The van der Waals surface area contributed by atoms with Crippen molar-refractivity contribution in [3.63, 3.8) is 0 Å². The van der Waals surface area contributed by atoms with E-state index in [1.807, 2.05) is 6.07 Å². The molecule has 0 unspecified atom stereocenters. The molecule has 1 aromatic rings. The number of anilines is 1. The van der Waals surface area contributed by atoms with E-state index in [0.717, 1.165) is 17.9 Å². The van der Waals surface area contributed by atoms with Gasteiger partial charge < -0.3 is 19.6 Å². The fourth-order valence-corrected chi connectivity index (χ4v) is 1.32. The molecule has 0 aromatic heterocycles. The summed E-state index contributed by atoms with van der Waals surface area (Å²) >= 11 is 0. The number of ether oxygens (including phenoxy) is 1. The second-order valence-corrected chi connectivity index (χ2v) is 3.70. The van der Waals surface area contributed by atoms with E-state index < -0.39 is 5.97 Å². The van der Waals surface area contributed by atoms with Gasteiger partial charge in [-0.15, -0.1) is 0 Å². The van der Waals surface area contributed by atoms with Crippen molar-refractivity contribution in [2.45, 2.75) is 19.8 Å². The Bertz CT molecular complexity index is 369. The number of benzene rings is 1. The van der Waals surface area contributed by atoms with Crippen molar-refractivity contribution in [3.8, 4) is 5.75 Å². The zero-order valence-electron chi connectivity index (χ0n) is 9.89. The molecule has 0 radical (unpaired) electrons. The number of carboxylic acids is 1. The number of carbonyl (C=O) groups is 1. The number of carbonyl (C=O) groups excluding carboxylic acids is 1. The highest BCUT2D eigenvalue weighted by Crippen LogP contribution is 2.19. The predicted octanol–water partition coefficient (Wildman–Crippen LogP) is 0.295. The fraction of sp³-hybridized carbons (Fsp3) is 0.417. The third-order valence-electron chi connectivity index (χ3n) is 2.22. The Kier molecular flexibility index (Phi) is 5.29. The second kappa shape index (κ2) is 6.75. The molecule has 2 N–H and O–H groups in total. The van der Waals surface area contributed by atoms with Gasteiger partial charge in [-0.05, 0) is 18.6 Å². The van der Waals surface area contributed by atoms with Crippen LogP contribution in [0.25, 0.3) is 0 Å². The Hall–Kier alpha value is -1.75. The Balaban J connectivity index is 2.61. The van der Waals surface area contributed by atoms with E-state index in [1.165, 1.54) is 0 Å². The summed E-state index contributed by atoms with van der Waals surface area (Å²) in [5, 5.41) is 11.5. The number of unbranched alkanes of at least 4 members (excludes halogenated alkanes) is 1. The van der Waals surface area contributed by atoms with Crippen LogP contribution in [0.2, 0.25) is 0 Å². The van der Waals surface area contributed by atoms with E-state index in [9.17, 15) is 9.90 Å². The van der Waals surface area contributed by atoms with Gasteiger partial charge in [-0.3, -0.25) is 0 Å². The summed E-state index contributed by atoms with van der Waals surface area (Å²) < 4.78 is 5.50. The van der Waals surface area contributed by atoms with Gasteiger partial charge in [-0.1, -0.05) is 19.4 Å². The third kappa shape index (κ3) is 4.74. The molecule has 0 saturated carbocycles. The number of nitrogens with two attached hydrogens (primary N) is 1. The van der Waals surface area contributed by atoms with E-state index in [-0.39, 0.29) is 6.54 Å². The topological polar surface area (TPSA) is 78.6 Å². The van der Waals surface area contributed by atoms with Gasteiger partial charge in [-0.2, -0.15) is 0 Å². The minimum atomic E-state index is -1.22. The van der Waals surface area contributed by atoms with Crippen LogP contribution in [-0.4, -0.2) is 19.1 Å². The summed E-state index contributed by atoms with van der Waals surface area (Å²) in [4.78, 5) is 10.4. The van der Waals surface area contributed by atoms with Crippen molar-refractivity contribution in [2.75, 3.05) is 18.2 Å². The van der Waals surface area contributed by atoms with Gasteiger partial charge in [0.1, 0.15) is 5.75 Å². The standard InChI is InChI=1S/C12H18N2O3/c1-2-3-7-17-11-6-4-5-10(8-11)14(13)9-12(15)16/h4-6,8H,2-3,7,9,13H2,1H3,(H,15,16)/p-1. The fourth-order valence-electron chi connectivity index (χ4n) is 1.32. The molecule has 5 heteroatoms. The molecular formula is C12H17N2O3-. The van der Waals surface area contributed by atoms with Crippen LogP contribution >= 0.6 is 0 Å². The summed E-state index contributed by atoms with van der Waals surface area (Å²) in [5.74, 6) is 5.04. The number of rotatable bonds is 7. The van der Waals surface area contributed by atoms with Crippen LogP contribution < -0.4 is 20.7 Å². The summed E-state index contributed by atoms with van der Waals surface area (Å²) in [5.41, 5.74) is 0.586. The van der Waals surface area contributed by atoms with Crippen molar-refractivity contribution < 1.29 is 14.6 Å². The Labute approximate surface area is 101 Å². The molecule has 5 nitrogen and oxygen atoms in total. The normalized spacial score (nSPS) is 10.0. The number of carboxylic acid groups (broad SMARTS) is 1. The first-order chi connectivity index (χ1) is 8.13. The minimum absolute atomic E-state index is 0.349. The van der Waals surface area contributed by atoms with E-state index >= 15 is 0 Å². The summed E-state index contributed by atoms with van der Waals surface area (Å²) in [7, 11) is 0. The maximum absolute atomic E-state index is 10.4. The average molecular weight is 237 g/mol. The van der Waals surface area contributed by atoms with E-state index in [1.54, 1.807) is 18.2 Å². The van der Waals surface area contributed by atoms with Crippen LogP contribution in [0, 0.1) is 0 Å². The molecule has 0 amide bonds. The minimum Gasteiger partial charge on any atom is -0.548 e. The third-order valence-corrected chi connectivity index (χ3v) is 2.22. The lowest BCUT2D eigenvalue weighted by atomic mass is 10.3. The monoisotopic (exact) mass is 237 g/mol. The van der Waals surface area contributed by atoms with Gasteiger partial charge >= 0.3 is 0 Å². The van der Waals surface area contributed by atoms with Crippen molar-refractivity contribution in [1.82, 2.24) is 0 Å². The number of hydrazine groups is 1. The molecule has 1 aromatic carbocycles. The molecule has 0 heterocycles. The number of hydrogen-bond donors (Lipinski definition) is 1. The molecule has 94 valence electrons. The van der Waals surface area contributed by atoms with Gasteiger partial charge in [0, 0.05) is 6.07 Å². The lowest BCUT2D eigenvalue weighted by Gasteiger charge is -2.19. The first-order valence-corrected chi connectivity index (χ1v) is 5.58. The quantitative estimate of drug-likeness (QED) is 0.419. The zero-order valence-corrected chi connectivity index (χ0v) is 9.89. The van der Waals surface area contributed by atoms with E-state index in [4.69, 9.17) is 10.6 Å². The van der Waals surface area contributed by atoms with Crippen molar-refractivity contribution in [2.24, 2.45) is 5.84 Å². The Morgan fingerprint density at radius 1 is 1.53 bits per heavy atom. The molecule has 0 aliphatic heterocycles. The molecule has 0 atom stereocenters. The molecule has 0 saturated heterocycles. The highest BCUT2D eigenvalue weighted by Gasteiger charge is 2.03. The molecule has 0 aliphatic carbocycles. The van der Waals surface area contributed by atoms with Crippen LogP contribution in [0.15, 0.2) is 24.3 Å². The van der Waals surface area contributed by atoms with Crippen molar-refractivity contribution >= 4 is 11.7 Å². The molecular weight excluding hydrogens is 220 g/mol. The van der Waals surface area contributed by atoms with E-state index in [2.05, 4.69) is 6.92 Å². The van der Waals surface area contributed by atoms with Gasteiger partial charge in [-0.25, -0.2) is 5.84 Å². The van der Waals surface area contributed by atoms with Gasteiger partial charge in [0.15, 0.2) is 0 Å². The molecule has 0 spiro atoms. The first-order valence-electron chi connectivity index (χ1n) is 5.58. The maximum Gasteiger partial charge on any atom is 0.121 e. The highest BCUT2D eigenvalue weighted by atomic mass is 16.5. The van der Waals surface area contributed by atoms with Crippen LogP contribution in [0.5, 0.6) is 5.75 Å². The van der Waals surface area contributed by atoms with Crippen molar-refractivity contribution in [3.05, 3.63) is 24.3 Å². The average Bonchev–Trinajstić information content (AvgIpc) is 2.29. The second-order valence-electron chi connectivity index (χ2n) is 3.70. The van der Waals surface area contributed by atoms with Crippen molar-refractivity contribution in [1.29, 1.82) is 0 Å². The largest absolute Gasteiger partial charge is 0.548 e. The molecule has 0 aliphatic rings. The summed E-state index contributed by atoms with van der Waals surface area (Å²) in [6.07, 6.45) is 2.04. The first kappa shape index (κ1) is 13.3. The lowest BCUT2D eigenvalue weighted by Crippen LogP contribution is -2.42. The molecule has 17 heavy (non-hydrogen) atoms. The number of hydrogen-bond acceptors (Lipinski definition) is 5. The van der Waals surface area contributed by atoms with E-state index in [0.29, 0.717) is 18.0 Å². The van der Waals surface area contributed by atoms with Crippen LogP contribution in [0.1, 0.15) is 19.8 Å². The highest BCUT2D eigenvalue weighted by molar-refractivity contribution is 5.71. The molecule has 1 rings (SSSR count). The van der Waals surface area contributed by atoms with Gasteiger partial charge in [0.25, 0.3) is 0 Å². The SMILES string of the molecule is CCCCOc1cccc(N(N)CC(=O)[O-])c1. The van der Waals surface area contributed by atoms with Gasteiger partial charge in [0.05, 0.1) is 24.8 Å². The zero-order chi connectivity index (χ0) is 12.7. The summed E-state index contributed by atoms with van der Waals surface area (Å²) in [6, 6.07) is 7.01. The van der Waals surface area contributed by atoms with Crippen LogP contribution in [-0.2, 0) is 4.79 Å². The molecule has 0 bridgehead atoms. The molecule has 0 fully saturated rings. The van der Waals surface area contributed by atoms with Crippen LogP contribution in [0.3, 0.4) is 0 Å². The number of nitrogens with zero attached hydrogens (tertiary/aromatic N) is 1. The Morgan fingerprint density at radius 3 is 2.94 bits per heavy atom. The smallest absolute Gasteiger partial charge is 0.121 e. The van der Waals surface area contributed by atoms with Gasteiger partial charge in [0.2, 0.25) is 0 Å². The summed E-state index contributed by atoms with van der Waals surface area (Å²) in [6.45, 7) is 2.38.